The van der Waals surface area contributed by atoms with Crippen molar-refractivity contribution in [3.8, 4) is 0 Å². The molecule has 0 unspecified atom stereocenters. The molecular formula is C17H16ClN3OS2. The van der Waals surface area contributed by atoms with Crippen LogP contribution in [-0.4, -0.2) is 33.0 Å². The summed E-state index contributed by atoms with van der Waals surface area (Å²) in [5, 5.41) is 10.7. The Bertz CT molecular complexity index is 801. The number of nitrogens with zero attached hydrogens (tertiary/aromatic N) is 3. The zero-order chi connectivity index (χ0) is 17.1. The van der Waals surface area contributed by atoms with Crippen LogP contribution in [0.25, 0.3) is 5.57 Å². The Balaban J connectivity index is 1.98. The van der Waals surface area contributed by atoms with Crippen LogP contribution in [0.3, 0.4) is 0 Å². The Labute approximate surface area is 154 Å². The van der Waals surface area contributed by atoms with Gasteiger partial charge in [0, 0.05) is 35.1 Å². The maximum atomic E-state index is 9.80. The Morgan fingerprint density at radius 1 is 1.46 bits per heavy atom. The average Bonchev–Trinajstić information content (AvgIpc) is 3.22. The predicted octanol–water partition coefficient (Wildman–Crippen LogP) is 4.99. The van der Waals surface area contributed by atoms with Crippen LogP contribution in [0.5, 0.6) is 0 Å². The third kappa shape index (κ3) is 3.22. The number of aliphatic imine (C=N–C) groups is 1. The van der Waals surface area contributed by atoms with Crippen LogP contribution in [0.4, 0.5) is 0 Å². The molecule has 3 rings (SSSR count). The standard InChI is InChI=1S/C17H16ClN3OS2/c1-11(13(9-22)12-6-4-3-5-7-12)21-14(10-23-17(21)19-2)15-8-20-16(18)24-15/h3-9,14,22H,1,10H2,2H3/b13-9-,19-17?/t14-/m1/s1. The summed E-state index contributed by atoms with van der Waals surface area (Å²) >= 11 is 9.11. The zero-order valence-corrected chi connectivity index (χ0v) is 15.4. The molecule has 2 heterocycles. The molecule has 1 aromatic heterocycles. The number of hydrogen-bond donors (Lipinski definition) is 1. The van der Waals surface area contributed by atoms with Gasteiger partial charge in [0.15, 0.2) is 9.63 Å². The minimum atomic E-state index is 0.0462. The van der Waals surface area contributed by atoms with Gasteiger partial charge in [-0.3, -0.25) is 4.99 Å². The first-order valence-corrected chi connectivity index (χ1v) is 9.42. The molecule has 7 heteroatoms. The minimum absolute atomic E-state index is 0.0462. The van der Waals surface area contributed by atoms with Crippen molar-refractivity contribution >= 4 is 45.4 Å². The SMILES string of the molecule is C=C(/C(=C/O)c1ccccc1)N1C(=NC)SC[C@@H]1c1cnc(Cl)s1. The predicted molar refractivity (Wildman–Crippen MR) is 104 cm³/mol. The maximum Gasteiger partial charge on any atom is 0.183 e. The van der Waals surface area contributed by atoms with E-state index in [4.69, 9.17) is 11.6 Å². The normalized spacial score (nSPS) is 19.9. The molecule has 1 N–H and O–H groups in total. The topological polar surface area (TPSA) is 48.7 Å². The molecule has 0 bridgehead atoms. The van der Waals surface area contributed by atoms with E-state index in [0.29, 0.717) is 15.7 Å². The maximum absolute atomic E-state index is 9.80. The number of rotatable bonds is 4. The van der Waals surface area contributed by atoms with Crippen LogP contribution >= 0.6 is 34.7 Å². The van der Waals surface area contributed by atoms with Gasteiger partial charge >= 0.3 is 0 Å². The second-order valence-electron chi connectivity index (χ2n) is 5.07. The van der Waals surface area contributed by atoms with E-state index in [1.807, 2.05) is 35.2 Å². The fourth-order valence-corrected chi connectivity index (χ4v) is 4.89. The van der Waals surface area contributed by atoms with E-state index < -0.39 is 0 Å². The monoisotopic (exact) mass is 377 g/mol. The van der Waals surface area contributed by atoms with Crippen molar-refractivity contribution < 1.29 is 5.11 Å². The zero-order valence-electron chi connectivity index (χ0n) is 13.0. The van der Waals surface area contributed by atoms with E-state index in [2.05, 4.69) is 16.6 Å². The molecule has 1 aromatic carbocycles. The summed E-state index contributed by atoms with van der Waals surface area (Å²) in [6.07, 6.45) is 2.90. The fraction of sp³-hybridized carbons (Fsp3) is 0.176. The molecule has 0 radical (unpaired) electrons. The fourth-order valence-electron chi connectivity index (χ4n) is 2.60. The molecule has 0 amide bonds. The number of halogens is 1. The molecule has 1 fully saturated rings. The lowest BCUT2D eigenvalue weighted by Gasteiger charge is -2.28. The van der Waals surface area contributed by atoms with Crippen molar-refractivity contribution in [1.29, 1.82) is 0 Å². The molecule has 1 aliphatic heterocycles. The molecule has 2 aromatic rings. The minimum Gasteiger partial charge on any atom is -0.515 e. The van der Waals surface area contributed by atoms with Crippen LogP contribution in [0, 0.1) is 0 Å². The number of amidine groups is 1. The van der Waals surface area contributed by atoms with Crippen molar-refractivity contribution in [3.05, 3.63) is 70.0 Å². The van der Waals surface area contributed by atoms with E-state index in [1.165, 1.54) is 11.3 Å². The highest BCUT2D eigenvalue weighted by Gasteiger charge is 2.35. The largest absolute Gasteiger partial charge is 0.515 e. The molecule has 1 aliphatic rings. The summed E-state index contributed by atoms with van der Waals surface area (Å²) in [5.74, 6) is 0.831. The van der Waals surface area contributed by atoms with E-state index >= 15 is 0 Å². The smallest absolute Gasteiger partial charge is 0.183 e. The quantitative estimate of drug-likeness (QED) is 0.602. The lowest BCUT2D eigenvalue weighted by Crippen LogP contribution is -2.27. The third-order valence-corrected chi connectivity index (χ3v) is 6.05. The van der Waals surface area contributed by atoms with Crippen LogP contribution < -0.4 is 0 Å². The van der Waals surface area contributed by atoms with Gasteiger partial charge in [0.05, 0.1) is 12.3 Å². The second-order valence-corrected chi connectivity index (χ2v) is 7.71. The number of aliphatic hydroxyl groups excluding tert-OH is 1. The van der Waals surface area contributed by atoms with Crippen LogP contribution in [0.1, 0.15) is 16.5 Å². The number of aromatic nitrogens is 1. The number of aliphatic hydroxyl groups is 1. The summed E-state index contributed by atoms with van der Waals surface area (Å²) in [5.41, 5.74) is 2.27. The molecule has 1 saturated heterocycles. The average molecular weight is 378 g/mol. The highest BCUT2D eigenvalue weighted by Crippen LogP contribution is 2.43. The lowest BCUT2D eigenvalue weighted by molar-refractivity contribution is 0.447. The van der Waals surface area contributed by atoms with E-state index in [1.54, 1.807) is 25.0 Å². The Morgan fingerprint density at radius 2 is 2.21 bits per heavy atom. The van der Waals surface area contributed by atoms with Gasteiger partial charge < -0.3 is 10.0 Å². The van der Waals surface area contributed by atoms with Gasteiger partial charge in [-0.2, -0.15) is 0 Å². The Morgan fingerprint density at radius 3 is 2.79 bits per heavy atom. The highest BCUT2D eigenvalue weighted by atomic mass is 35.5. The van der Waals surface area contributed by atoms with Crippen LogP contribution in [-0.2, 0) is 0 Å². The summed E-state index contributed by atoms with van der Waals surface area (Å²) < 4.78 is 0.517. The van der Waals surface area contributed by atoms with E-state index in [-0.39, 0.29) is 6.04 Å². The third-order valence-electron chi connectivity index (χ3n) is 3.72. The Kier molecular flexibility index (Phi) is 5.28. The first-order chi connectivity index (χ1) is 11.7. The summed E-state index contributed by atoms with van der Waals surface area (Å²) in [6.45, 7) is 4.22. The van der Waals surface area contributed by atoms with Gasteiger partial charge in [0.25, 0.3) is 0 Å². The number of thioether (sulfide) groups is 1. The highest BCUT2D eigenvalue weighted by molar-refractivity contribution is 8.14. The first-order valence-electron chi connectivity index (χ1n) is 7.24. The van der Waals surface area contributed by atoms with Crippen LogP contribution in [0.2, 0.25) is 4.47 Å². The molecule has 0 spiro atoms. The Hall–Kier alpha value is -1.76. The molecule has 24 heavy (non-hydrogen) atoms. The van der Waals surface area contributed by atoms with Gasteiger partial charge in [0.2, 0.25) is 0 Å². The molecule has 4 nitrogen and oxygen atoms in total. The molecule has 0 saturated carbocycles. The number of benzene rings is 1. The van der Waals surface area contributed by atoms with Gasteiger partial charge in [-0.05, 0) is 5.56 Å². The van der Waals surface area contributed by atoms with Gasteiger partial charge in [-0.25, -0.2) is 4.98 Å². The molecule has 1 atom stereocenters. The summed E-state index contributed by atoms with van der Waals surface area (Å²) in [7, 11) is 1.76. The summed E-state index contributed by atoms with van der Waals surface area (Å²) in [4.78, 5) is 11.6. The van der Waals surface area contributed by atoms with Crippen molar-refractivity contribution in [2.24, 2.45) is 4.99 Å². The van der Waals surface area contributed by atoms with E-state index in [0.717, 1.165) is 27.6 Å². The number of allylic oxidation sites excluding steroid dienone is 1. The molecule has 124 valence electrons. The molecule has 0 aliphatic carbocycles. The lowest BCUT2D eigenvalue weighted by atomic mass is 10.0. The van der Waals surface area contributed by atoms with Gasteiger partial charge in [-0.1, -0.05) is 60.3 Å². The van der Waals surface area contributed by atoms with Gasteiger partial charge in [0.1, 0.15) is 0 Å². The number of hydrogen-bond acceptors (Lipinski definition) is 5. The summed E-state index contributed by atoms with van der Waals surface area (Å²) in [6, 6.07) is 9.73. The van der Waals surface area contributed by atoms with Gasteiger partial charge in [-0.15, -0.1) is 11.3 Å². The first kappa shape index (κ1) is 17.1. The van der Waals surface area contributed by atoms with Crippen molar-refractivity contribution in [1.82, 2.24) is 9.88 Å². The second kappa shape index (κ2) is 7.42. The van der Waals surface area contributed by atoms with Crippen molar-refractivity contribution in [2.45, 2.75) is 6.04 Å². The van der Waals surface area contributed by atoms with Crippen molar-refractivity contribution in [2.75, 3.05) is 12.8 Å². The van der Waals surface area contributed by atoms with Crippen LogP contribution in [0.15, 0.2) is 60.1 Å². The van der Waals surface area contributed by atoms with Crippen molar-refractivity contribution in [3.63, 3.8) is 0 Å². The number of thiazole rings is 1. The molecular weight excluding hydrogens is 362 g/mol. The van der Waals surface area contributed by atoms with E-state index in [9.17, 15) is 5.11 Å².